The fourth-order valence-corrected chi connectivity index (χ4v) is 2.50. The molecule has 0 aliphatic rings. The summed E-state index contributed by atoms with van der Waals surface area (Å²) in [4.78, 5) is 23.6. The third kappa shape index (κ3) is 4.72. The Hall–Kier alpha value is -2.14. The Morgan fingerprint density at radius 3 is 2.43 bits per heavy atom. The predicted molar refractivity (Wildman–Crippen MR) is 85.7 cm³/mol. The summed E-state index contributed by atoms with van der Waals surface area (Å²) in [5, 5.41) is 9.35. The molecule has 0 radical (unpaired) electrons. The van der Waals surface area contributed by atoms with Gasteiger partial charge in [0, 0.05) is 17.1 Å². The molecule has 1 aromatic carbocycles. The highest BCUT2D eigenvalue weighted by atomic mass is 32.1. The van der Waals surface area contributed by atoms with E-state index in [9.17, 15) is 9.59 Å². The van der Waals surface area contributed by atoms with Gasteiger partial charge in [0.05, 0.1) is 12.0 Å². The van der Waals surface area contributed by atoms with E-state index in [1.807, 2.05) is 43.5 Å². The maximum absolute atomic E-state index is 11.9. The van der Waals surface area contributed by atoms with E-state index in [1.54, 1.807) is 11.4 Å². The zero-order valence-corrected chi connectivity index (χ0v) is 12.9. The summed E-state index contributed by atoms with van der Waals surface area (Å²) in [5.41, 5.74) is 2.29. The van der Waals surface area contributed by atoms with Gasteiger partial charge >= 0.3 is 0 Å². The fraction of sp³-hybridized carbons (Fsp3) is 0.250. The average molecular weight is 302 g/mol. The first-order valence-electron chi connectivity index (χ1n) is 6.76. The second-order valence-corrected chi connectivity index (χ2v) is 5.84. The standard InChI is InChI=1S/C16H18N2O2S/c1-11(2)17-15(19)9-12-3-5-14(6-4-12)18-16(20)13-7-8-21-10-13/h3-8,10-11H,9H2,1-2H3,(H,17,19)(H,18,20). The highest BCUT2D eigenvalue weighted by molar-refractivity contribution is 7.08. The van der Waals surface area contributed by atoms with Crippen molar-refractivity contribution < 1.29 is 9.59 Å². The summed E-state index contributed by atoms with van der Waals surface area (Å²) in [6, 6.07) is 9.24. The first-order valence-corrected chi connectivity index (χ1v) is 7.70. The van der Waals surface area contributed by atoms with Gasteiger partial charge in [-0.2, -0.15) is 11.3 Å². The van der Waals surface area contributed by atoms with Gasteiger partial charge < -0.3 is 10.6 Å². The van der Waals surface area contributed by atoms with Crippen molar-refractivity contribution in [1.82, 2.24) is 5.32 Å². The molecule has 0 fully saturated rings. The van der Waals surface area contributed by atoms with E-state index >= 15 is 0 Å². The lowest BCUT2D eigenvalue weighted by Crippen LogP contribution is -2.31. The van der Waals surface area contributed by atoms with E-state index in [2.05, 4.69) is 10.6 Å². The van der Waals surface area contributed by atoms with Crippen LogP contribution in [0.3, 0.4) is 0 Å². The van der Waals surface area contributed by atoms with Crippen LogP contribution < -0.4 is 10.6 Å². The van der Waals surface area contributed by atoms with Crippen LogP contribution in [0.25, 0.3) is 0 Å². The van der Waals surface area contributed by atoms with E-state index in [4.69, 9.17) is 0 Å². The summed E-state index contributed by atoms with van der Waals surface area (Å²) in [5.74, 6) is -0.124. The second kappa shape index (κ2) is 7.04. The molecule has 21 heavy (non-hydrogen) atoms. The summed E-state index contributed by atoms with van der Waals surface area (Å²) in [6.45, 7) is 3.86. The van der Waals surface area contributed by atoms with Crippen LogP contribution in [0.5, 0.6) is 0 Å². The Kier molecular flexibility index (Phi) is 5.11. The van der Waals surface area contributed by atoms with Crippen LogP contribution in [0.1, 0.15) is 29.8 Å². The van der Waals surface area contributed by atoms with Gasteiger partial charge in [-0.1, -0.05) is 12.1 Å². The van der Waals surface area contributed by atoms with Crippen molar-refractivity contribution in [3.05, 3.63) is 52.2 Å². The Morgan fingerprint density at radius 2 is 1.86 bits per heavy atom. The van der Waals surface area contributed by atoms with E-state index in [1.165, 1.54) is 11.3 Å². The largest absolute Gasteiger partial charge is 0.354 e. The zero-order valence-electron chi connectivity index (χ0n) is 12.1. The molecule has 0 unspecified atom stereocenters. The van der Waals surface area contributed by atoms with Crippen molar-refractivity contribution in [2.24, 2.45) is 0 Å². The number of nitrogens with one attached hydrogen (secondary N) is 2. The molecule has 0 saturated heterocycles. The first-order chi connectivity index (χ1) is 10.0. The predicted octanol–water partition coefficient (Wildman–Crippen LogP) is 3.07. The number of benzene rings is 1. The van der Waals surface area contributed by atoms with Crippen molar-refractivity contribution in [3.8, 4) is 0 Å². The van der Waals surface area contributed by atoms with E-state index in [-0.39, 0.29) is 17.9 Å². The van der Waals surface area contributed by atoms with Crippen molar-refractivity contribution in [3.63, 3.8) is 0 Å². The third-order valence-corrected chi connectivity index (χ3v) is 3.49. The number of anilines is 1. The first kappa shape index (κ1) is 15.3. The van der Waals surface area contributed by atoms with Gasteiger partial charge in [-0.15, -0.1) is 0 Å². The number of carbonyl (C=O) groups excluding carboxylic acids is 2. The molecule has 0 saturated carbocycles. The van der Waals surface area contributed by atoms with E-state index in [0.29, 0.717) is 12.0 Å². The van der Waals surface area contributed by atoms with Gasteiger partial charge in [0.1, 0.15) is 0 Å². The van der Waals surface area contributed by atoms with Crippen LogP contribution in [-0.2, 0) is 11.2 Å². The number of thiophene rings is 1. The minimum absolute atomic E-state index is 0.0000544. The monoisotopic (exact) mass is 302 g/mol. The molecular formula is C16H18N2O2S. The maximum atomic E-state index is 11.9. The molecule has 2 N–H and O–H groups in total. The summed E-state index contributed by atoms with van der Waals surface area (Å²) in [7, 11) is 0. The lowest BCUT2D eigenvalue weighted by Gasteiger charge is -2.09. The molecule has 110 valence electrons. The van der Waals surface area contributed by atoms with Gasteiger partial charge in [0.15, 0.2) is 0 Å². The van der Waals surface area contributed by atoms with Crippen LogP contribution in [0.2, 0.25) is 0 Å². The van der Waals surface area contributed by atoms with Crippen LogP contribution in [-0.4, -0.2) is 17.9 Å². The van der Waals surface area contributed by atoms with Gasteiger partial charge in [-0.25, -0.2) is 0 Å². The van der Waals surface area contributed by atoms with E-state index < -0.39 is 0 Å². The molecule has 0 spiro atoms. The van der Waals surface area contributed by atoms with Crippen molar-refractivity contribution in [1.29, 1.82) is 0 Å². The van der Waals surface area contributed by atoms with Crippen molar-refractivity contribution in [2.45, 2.75) is 26.3 Å². The number of rotatable bonds is 5. The van der Waals surface area contributed by atoms with Gasteiger partial charge in [0.2, 0.25) is 5.91 Å². The lowest BCUT2D eigenvalue weighted by molar-refractivity contribution is -0.120. The number of amides is 2. The van der Waals surface area contributed by atoms with Gasteiger partial charge in [-0.05, 0) is 43.0 Å². The highest BCUT2D eigenvalue weighted by Gasteiger charge is 2.07. The Morgan fingerprint density at radius 1 is 1.14 bits per heavy atom. The quantitative estimate of drug-likeness (QED) is 0.892. The highest BCUT2D eigenvalue weighted by Crippen LogP contribution is 2.13. The number of hydrogen-bond donors (Lipinski definition) is 2. The fourth-order valence-electron chi connectivity index (χ4n) is 1.86. The second-order valence-electron chi connectivity index (χ2n) is 5.06. The maximum Gasteiger partial charge on any atom is 0.256 e. The normalized spacial score (nSPS) is 10.4. The summed E-state index contributed by atoms with van der Waals surface area (Å²) >= 11 is 1.49. The SMILES string of the molecule is CC(C)NC(=O)Cc1ccc(NC(=O)c2ccsc2)cc1. The Balaban J connectivity index is 1.93. The molecule has 0 aliphatic carbocycles. The van der Waals surface area contributed by atoms with Crippen LogP contribution in [0, 0.1) is 0 Å². The average Bonchev–Trinajstić information content (AvgIpc) is 2.94. The van der Waals surface area contributed by atoms with Crippen molar-refractivity contribution in [2.75, 3.05) is 5.32 Å². The zero-order chi connectivity index (χ0) is 15.2. The lowest BCUT2D eigenvalue weighted by atomic mass is 10.1. The molecule has 0 aliphatic heterocycles. The van der Waals surface area contributed by atoms with Crippen LogP contribution >= 0.6 is 11.3 Å². The van der Waals surface area contributed by atoms with E-state index in [0.717, 1.165) is 11.3 Å². The minimum atomic E-state index is -0.124. The smallest absolute Gasteiger partial charge is 0.256 e. The summed E-state index contributed by atoms with van der Waals surface area (Å²) in [6.07, 6.45) is 0.344. The Labute approximate surface area is 128 Å². The third-order valence-electron chi connectivity index (χ3n) is 2.81. The molecule has 2 aromatic rings. The molecule has 5 heteroatoms. The summed E-state index contributed by atoms with van der Waals surface area (Å²) < 4.78 is 0. The topological polar surface area (TPSA) is 58.2 Å². The molecule has 0 atom stereocenters. The van der Waals surface area contributed by atoms with Crippen LogP contribution in [0.4, 0.5) is 5.69 Å². The molecule has 0 bridgehead atoms. The molecule has 4 nitrogen and oxygen atoms in total. The molecular weight excluding hydrogens is 284 g/mol. The van der Waals surface area contributed by atoms with Crippen molar-refractivity contribution >= 4 is 28.8 Å². The molecule has 1 aromatic heterocycles. The van der Waals surface area contributed by atoms with Gasteiger partial charge in [0.25, 0.3) is 5.91 Å². The van der Waals surface area contributed by atoms with Gasteiger partial charge in [-0.3, -0.25) is 9.59 Å². The molecule has 2 rings (SSSR count). The number of carbonyl (C=O) groups is 2. The molecule has 1 heterocycles. The minimum Gasteiger partial charge on any atom is -0.354 e. The number of hydrogen-bond acceptors (Lipinski definition) is 3. The Bertz CT molecular complexity index is 604. The van der Waals surface area contributed by atoms with Crippen LogP contribution in [0.15, 0.2) is 41.1 Å². The molecule has 2 amide bonds.